The molecule has 0 saturated heterocycles. The zero-order valence-electron chi connectivity index (χ0n) is 18.0. The fourth-order valence-corrected chi connectivity index (χ4v) is 4.62. The molecule has 1 N–H and O–H groups in total. The maximum atomic E-state index is 12.6. The number of nitro groups is 1. The number of nitro benzene ring substituents is 1. The maximum absolute atomic E-state index is 12.6. The summed E-state index contributed by atoms with van der Waals surface area (Å²) in [4.78, 5) is 25.0. The molecule has 5 aromatic rings. The predicted octanol–water partition coefficient (Wildman–Crippen LogP) is 7.06. The number of nitrogens with one attached hydrogen (secondary N) is 1. The molecule has 5 rings (SSSR count). The summed E-state index contributed by atoms with van der Waals surface area (Å²) in [7, 11) is 0. The van der Waals surface area contributed by atoms with Gasteiger partial charge in [-0.25, -0.2) is 5.43 Å². The summed E-state index contributed by atoms with van der Waals surface area (Å²) in [5.74, 6) is -0.403. The molecule has 35 heavy (non-hydrogen) atoms. The first-order valence-corrected chi connectivity index (χ1v) is 11.6. The number of nitrogens with zero attached hydrogens (tertiary/aromatic N) is 2. The lowest BCUT2D eigenvalue weighted by Crippen LogP contribution is -2.16. The molecule has 0 aliphatic heterocycles. The van der Waals surface area contributed by atoms with Crippen molar-refractivity contribution in [1.82, 2.24) is 5.43 Å². The van der Waals surface area contributed by atoms with Gasteiger partial charge in [0.15, 0.2) is 5.76 Å². The smallest absolute Gasteiger partial charge is 0.307 e. The molecular formula is C26H16ClN3O4S. The number of furan rings is 1. The number of hydrogen-bond donors (Lipinski definition) is 1. The monoisotopic (exact) mass is 501 g/mol. The van der Waals surface area contributed by atoms with E-state index in [0.717, 1.165) is 21.1 Å². The normalized spacial score (nSPS) is 11.3. The minimum Gasteiger partial charge on any atom is -0.451 e. The second kappa shape index (κ2) is 9.61. The van der Waals surface area contributed by atoms with E-state index >= 15 is 0 Å². The molecule has 0 radical (unpaired) electrons. The first-order valence-electron chi connectivity index (χ1n) is 10.4. The van der Waals surface area contributed by atoms with Crippen LogP contribution in [0.15, 0.2) is 104 Å². The van der Waals surface area contributed by atoms with Crippen LogP contribution in [0, 0.1) is 10.1 Å². The van der Waals surface area contributed by atoms with Crippen LogP contribution < -0.4 is 5.43 Å². The van der Waals surface area contributed by atoms with Crippen LogP contribution >= 0.6 is 23.4 Å². The highest BCUT2D eigenvalue weighted by atomic mass is 35.5. The van der Waals surface area contributed by atoms with E-state index in [0.29, 0.717) is 21.1 Å². The van der Waals surface area contributed by atoms with Crippen molar-refractivity contribution in [3.63, 3.8) is 0 Å². The van der Waals surface area contributed by atoms with Crippen LogP contribution in [0.4, 0.5) is 5.69 Å². The first kappa shape index (κ1) is 22.6. The molecular weight excluding hydrogens is 486 g/mol. The average Bonchev–Trinajstić information content (AvgIpc) is 3.31. The Kier molecular flexibility index (Phi) is 6.22. The summed E-state index contributed by atoms with van der Waals surface area (Å²) in [5.41, 5.74) is 3.41. The number of carbonyl (C=O) groups excluding carboxylic acids is 1. The van der Waals surface area contributed by atoms with Gasteiger partial charge < -0.3 is 4.42 Å². The minimum absolute atomic E-state index is 0.0654. The van der Waals surface area contributed by atoms with Crippen molar-refractivity contribution in [3.05, 3.63) is 111 Å². The lowest BCUT2D eigenvalue weighted by atomic mass is 10.1. The van der Waals surface area contributed by atoms with Gasteiger partial charge in [0.25, 0.3) is 5.69 Å². The van der Waals surface area contributed by atoms with E-state index in [2.05, 4.69) is 10.5 Å². The van der Waals surface area contributed by atoms with E-state index < -0.39 is 10.8 Å². The Morgan fingerprint density at radius 3 is 2.60 bits per heavy atom. The molecule has 0 aliphatic carbocycles. The van der Waals surface area contributed by atoms with Gasteiger partial charge in [0.1, 0.15) is 5.58 Å². The molecule has 1 aromatic heterocycles. The second-order valence-corrected chi connectivity index (χ2v) is 9.10. The molecule has 0 bridgehead atoms. The van der Waals surface area contributed by atoms with Crippen LogP contribution in [0.2, 0.25) is 5.02 Å². The number of amides is 1. The van der Waals surface area contributed by atoms with Gasteiger partial charge in [-0.3, -0.25) is 14.9 Å². The molecule has 0 aliphatic rings. The highest BCUT2D eigenvalue weighted by Gasteiger charge is 2.16. The van der Waals surface area contributed by atoms with Gasteiger partial charge in [-0.15, -0.1) is 0 Å². The van der Waals surface area contributed by atoms with E-state index in [1.54, 1.807) is 42.5 Å². The van der Waals surface area contributed by atoms with Gasteiger partial charge in [-0.05, 0) is 53.2 Å². The van der Waals surface area contributed by atoms with Gasteiger partial charge >= 0.3 is 5.91 Å². The predicted molar refractivity (Wildman–Crippen MR) is 137 cm³/mol. The molecule has 4 aromatic carbocycles. The summed E-state index contributed by atoms with van der Waals surface area (Å²) in [5, 5.41) is 19.0. The van der Waals surface area contributed by atoms with Crippen LogP contribution in [-0.2, 0) is 0 Å². The van der Waals surface area contributed by atoms with E-state index in [1.807, 2.05) is 36.4 Å². The van der Waals surface area contributed by atoms with Crippen molar-refractivity contribution in [3.8, 4) is 0 Å². The third-order valence-electron chi connectivity index (χ3n) is 5.25. The molecule has 0 saturated carbocycles. The van der Waals surface area contributed by atoms with Gasteiger partial charge in [0.2, 0.25) is 0 Å². The molecule has 0 spiro atoms. The Morgan fingerprint density at radius 2 is 1.80 bits per heavy atom. The van der Waals surface area contributed by atoms with E-state index in [-0.39, 0.29) is 11.4 Å². The van der Waals surface area contributed by atoms with Crippen molar-refractivity contribution in [1.29, 1.82) is 0 Å². The summed E-state index contributed by atoms with van der Waals surface area (Å²) >= 11 is 7.16. The fourth-order valence-electron chi connectivity index (χ4n) is 3.60. The number of hydrazone groups is 1. The van der Waals surface area contributed by atoms with Gasteiger partial charge in [-0.2, -0.15) is 5.10 Å². The number of benzene rings is 4. The minimum atomic E-state index is -0.522. The van der Waals surface area contributed by atoms with Crippen molar-refractivity contribution in [2.75, 3.05) is 0 Å². The molecule has 9 heteroatoms. The van der Waals surface area contributed by atoms with Crippen LogP contribution in [-0.4, -0.2) is 17.0 Å². The zero-order chi connectivity index (χ0) is 24.4. The Labute approximate surface area is 208 Å². The van der Waals surface area contributed by atoms with Crippen LogP contribution in [0.5, 0.6) is 0 Å². The molecule has 1 heterocycles. The zero-order valence-corrected chi connectivity index (χ0v) is 19.5. The number of hydrogen-bond acceptors (Lipinski definition) is 6. The van der Waals surface area contributed by atoms with Crippen molar-refractivity contribution >= 4 is 62.9 Å². The number of carbonyl (C=O) groups is 1. The summed E-state index contributed by atoms with van der Waals surface area (Å²) < 4.78 is 5.68. The van der Waals surface area contributed by atoms with E-state index in [1.165, 1.54) is 24.0 Å². The molecule has 172 valence electrons. The fraction of sp³-hybridized carbons (Fsp3) is 0. The van der Waals surface area contributed by atoms with Crippen molar-refractivity contribution < 1.29 is 14.1 Å². The third-order valence-corrected chi connectivity index (χ3v) is 6.58. The summed E-state index contributed by atoms with van der Waals surface area (Å²) in [6, 6.07) is 25.0. The van der Waals surface area contributed by atoms with Gasteiger partial charge in [-0.1, -0.05) is 59.8 Å². The van der Waals surface area contributed by atoms with Crippen LogP contribution in [0.3, 0.4) is 0 Å². The standard InChI is InChI=1S/C26H16ClN3O4S/c27-18-7-9-19(10-8-18)35-25-12-5-16(13-22(25)30(32)33)15-28-29-26(31)24-14-21-20-4-2-1-3-17(20)6-11-23(21)34-24/h1-15H,(H,29,31)/b28-15+. The summed E-state index contributed by atoms with van der Waals surface area (Å²) in [6.45, 7) is 0. The number of halogens is 1. The molecule has 7 nitrogen and oxygen atoms in total. The van der Waals surface area contributed by atoms with Gasteiger partial charge in [0, 0.05) is 26.9 Å². The second-order valence-electron chi connectivity index (χ2n) is 7.55. The highest BCUT2D eigenvalue weighted by Crippen LogP contribution is 2.35. The maximum Gasteiger partial charge on any atom is 0.307 e. The van der Waals surface area contributed by atoms with Gasteiger partial charge in [0.05, 0.1) is 16.0 Å². The van der Waals surface area contributed by atoms with Crippen LogP contribution in [0.25, 0.3) is 21.7 Å². The van der Waals surface area contributed by atoms with Crippen molar-refractivity contribution in [2.24, 2.45) is 5.10 Å². The number of fused-ring (bicyclic) bond motifs is 3. The van der Waals surface area contributed by atoms with E-state index in [9.17, 15) is 14.9 Å². The largest absolute Gasteiger partial charge is 0.451 e. The lowest BCUT2D eigenvalue weighted by molar-refractivity contribution is -0.387. The number of rotatable bonds is 6. The highest BCUT2D eigenvalue weighted by molar-refractivity contribution is 7.99. The average molecular weight is 502 g/mol. The first-order chi connectivity index (χ1) is 17.0. The Hall–Kier alpha value is -4.14. The quantitative estimate of drug-likeness (QED) is 0.152. The lowest BCUT2D eigenvalue weighted by Gasteiger charge is -2.04. The van der Waals surface area contributed by atoms with Crippen molar-refractivity contribution in [2.45, 2.75) is 9.79 Å². The third kappa shape index (κ3) is 4.89. The molecule has 1 amide bonds. The summed E-state index contributed by atoms with van der Waals surface area (Å²) in [6.07, 6.45) is 1.35. The Bertz CT molecular complexity index is 1610. The SMILES string of the molecule is O=C(N/N=C/c1ccc(Sc2ccc(Cl)cc2)c([N+](=O)[O-])c1)c1cc2c(ccc3ccccc32)o1. The molecule has 0 fully saturated rings. The topological polar surface area (TPSA) is 97.7 Å². The molecule has 0 unspecified atom stereocenters. The van der Waals surface area contributed by atoms with E-state index in [4.69, 9.17) is 16.0 Å². The molecule has 0 atom stereocenters. The Balaban J connectivity index is 1.32. The Morgan fingerprint density at radius 1 is 1.00 bits per heavy atom. The van der Waals surface area contributed by atoms with Crippen LogP contribution in [0.1, 0.15) is 16.1 Å².